The Hall–Kier alpha value is -2.90. The Bertz CT molecular complexity index is 595. The van der Waals surface area contributed by atoms with E-state index in [1.165, 1.54) is 0 Å². The fraction of sp³-hybridized carbons (Fsp3) is 0.286. The number of nitrogens with zero attached hydrogens (tertiary/aromatic N) is 1. The van der Waals surface area contributed by atoms with Crippen molar-refractivity contribution in [2.75, 3.05) is 13.1 Å². The summed E-state index contributed by atoms with van der Waals surface area (Å²) in [6.07, 6.45) is -0.143. The highest BCUT2D eigenvalue weighted by Gasteiger charge is 2.28. The minimum atomic E-state index is -0.982. The minimum absolute atomic E-state index is 0.00288. The van der Waals surface area contributed by atoms with Gasteiger partial charge < -0.3 is 15.7 Å². The average molecular weight is 305 g/mol. The van der Waals surface area contributed by atoms with Gasteiger partial charge in [0.2, 0.25) is 5.91 Å². The van der Waals surface area contributed by atoms with E-state index < -0.39 is 12.0 Å². The van der Waals surface area contributed by atoms with Crippen LogP contribution in [0.5, 0.6) is 0 Å². The molecule has 1 aromatic rings. The number of amides is 4. The number of carboxylic acid groups (broad SMARTS) is 1. The van der Waals surface area contributed by atoms with Gasteiger partial charge in [-0.05, 0) is 17.7 Å². The fourth-order valence-corrected chi connectivity index (χ4v) is 1.94. The Morgan fingerprint density at radius 2 is 1.91 bits per heavy atom. The van der Waals surface area contributed by atoms with Crippen molar-refractivity contribution in [3.63, 3.8) is 0 Å². The van der Waals surface area contributed by atoms with Crippen LogP contribution < -0.4 is 10.6 Å². The second kappa shape index (κ2) is 6.70. The summed E-state index contributed by atoms with van der Waals surface area (Å²) in [5.41, 5.74) is 1.10. The van der Waals surface area contributed by atoms with Gasteiger partial charge in [0.15, 0.2) is 0 Å². The summed E-state index contributed by atoms with van der Waals surface area (Å²) in [4.78, 5) is 46.1. The molecule has 0 saturated carbocycles. The summed E-state index contributed by atoms with van der Waals surface area (Å²) in [5, 5.41) is 13.4. The van der Waals surface area contributed by atoms with Gasteiger partial charge in [0, 0.05) is 12.1 Å². The zero-order valence-corrected chi connectivity index (χ0v) is 11.7. The zero-order valence-electron chi connectivity index (χ0n) is 11.7. The Labute approximate surface area is 126 Å². The van der Waals surface area contributed by atoms with Gasteiger partial charge in [-0.25, -0.2) is 4.79 Å². The van der Waals surface area contributed by atoms with E-state index >= 15 is 0 Å². The van der Waals surface area contributed by atoms with E-state index in [-0.39, 0.29) is 37.9 Å². The Kier molecular flexibility index (Phi) is 4.72. The molecule has 1 aliphatic rings. The molecule has 0 atom stereocenters. The van der Waals surface area contributed by atoms with Gasteiger partial charge in [0.1, 0.15) is 0 Å². The standard InChI is InChI=1S/C14H15N3O5/c18-11-7-16-14(22)17(11)8-9-1-3-10(4-2-9)13(21)15-6-5-12(19)20/h1-4H,5-8H2,(H,15,21)(H,16,22)(H,19,20). The first-order chi connectivity index (χ1) is 10.5. The number of aliphatic carboxylic acids is 1. The molecular weight excluding hydrogens is 290 g/mol. The maximum absolute atomic E-state index is 11.8. The molecule has 2 rings (SSSR count). The maximum Gasteiger partial charge on any atom is 0.324 e. The number of urea groups is 1. The van der Waals surface area contributed by atoms with Gasteiger partial charge in [-0.3, -0.25) is 19.3 Å². The van der Waals surface area contributed by atoms with E-state index in [2.05, 4.69) is 10.6 Å². The molecule has 4 amide bonds. The highest BCUT2D eigenvalue weighted by atomic mass is 16.4. The smallest absolute Gasteiger partial charge is 0.324 e. The zero-order chi connectivity index (χ0) is 16.1. The molecule has 0 unspecified atom stereocenters. The molecule has 3 N–H and O–H groups in total. The molecule has 116 valence electrons. The SMILES string of the molecule is O=C(O)CCNC(=O)c1ccc(CN2C(=O)CNC2=O)cc1. The summed E-state index contributed by atoms with van der Waals surface area (Å²) in [6.45, 7) is 0.201. The number of nitrogens with one attached hydrogen (secondary N) is 2. The van der Waals surface area contributed by atoms with Crippen LogP contribution in [-0.4, -0.2) is 46.9 Å². The van der Waals surface area contributed by atoms with Crippen molar-refractivity contribution in [3.8, 4) is 0 Å². The first kappa shape index (κ1) is 15.5. The lowest BCUT2D eigenvalue weighted by atomic mass is 10.1. The van der Waals surface area contributed by atoms with Gasteiger partial charge in [-0.2, -0.15) is 0 Å². The maximum atomic E-state index is 11.8. The lowest BCUT2D eigenvalue weighted by Gasteiger charge is -2.12. The summed E-state index contributed by atoms with van der Waals surface area (Å²) in [7, 11) is 0. The summed E-state index contributed by atoms with van der Waals surface area (Å²) < 4.78 is 0. The molecule has 0 radical (unpaired) electrons. The summed E-state index contributed by atoms with van der Waals surface area (Å²) in [6, 6.07) is 5.98. The Morgan fingerprint density at radius 3 is 2.45 bits per heavy atom. The number of benzene rings is 1. The van der Waals surface area contributed by atoms with Crippen LogP contribution in [0.25, 0.3) is 0 Å². The van der Waals surface area contributed by atoms with E-state index in [0.29, 0.717) is 11.1 Å². The topological polar surface area (TPSA) is 116 Å². The van der Waals surface area contributed by atoms with Gasteiger partial charge in [0.25, 0.3) is 5.91 Å². The van der Waals surface area contributed by atoms with Crippen LogP contribution in [0.15, 0.2) is 24.3 Å². The summed E-state index contributed by atoms with van der Waals surface area (Å²) in [5.74, 6) is -1.65. The van der Waals surface area contributed by atoms with Crippen LogP contribution >= 0.6 is 0 Å². The number of carboxylic acids is 1. The van der Waals surface area contributed by atoms with E-state index in [4.69, 9.17) is 5.11 Å². The van der Waals surface area contributed by atoms with Crippen LogP contribution in [0.3, 0.4) is 0 Å². The number of hydrogen-bond acceptors (Lipinski definition) is 4. The number of imide groups is 1. The molecule has 0 bridgehead atoms. The molecule has 8 nitrogen and oxygen atoms in total. The third-order valence-electron chi connectivity index (χ3n) is 3.12. The van der Waals surface area contributed by atoms with E-state index in [1.807, 2.05) is 0 Å². The molecule has 0 aromatic heterocycles. The molecule has 1 saturated heterocycles. The monoisotopic (exact) mass is 305 g/mol. The number of carbonyl (C=O) groups is 4. The van der Waals surface area contributed by atoms with Crippen molar-refractivity contribution in [2.45, 2.75) is 13.0 Å². The van der Waals surface area contributed by atoms with Crippen molar-refractivity contribution >= 4 is 23.8 Å². The largest absolute Gasteiger partial charge is 0.481 e. The Morgan fingerprint density at radius 1 is 1.23 bits per heavy atom. The van der Waals surface area contributed by atoms with Crippen molar-refractivity contribution in [1.82, 2.24) is 15.5 Å². The fourth-order valence-electron chi connectivity index (χ4n) is 1.94. The van der Waals surface area contributed by atoms with Crippen LogP contribution in [-0.2, 0) is 16.1 Å². The second-order valence-electron chi connectivity index (χ2n) is 4.74. The van der Waals surface area contributed by atoms with Gasteiger partial charge in [0.05, 0.1) is 19.5 Å². The molecule has 0 aliphatic carbocycles. The van der Waals surface area contributed by atoms with E-state index in [1.54, 1.807) is 24.3 Å². The molecule has 1 fully saturated rings. The van der Waals surface area contributed by atoms with Gasteiger partial charge in [-0.15, -0.1) is 0 Å². The lowest BCUT2D eigenvalue weighted by Crippen LogP contribution is -2.30. The normalized spacial score (nSPS) is 13.9. The molecule has 1 aromatic carbocycles. The minimum Gasteiger partial charge on any atom is -0.481 e. The highest BCUT2D eigenvalue weighted by molar-refractivity contribution is 6.01. The molecule has 1 heterocycles. The molecular formula is C14H15N3O5. The Balaban J connectivity index is 1.92. The van der Waals surface area contributed by atoms with Crippen molar-refractivity contribution < 1.29 is 24.3 Å². The first-order valence-corrected chi connectivity index (χ1v) is 6.64. The number of carbonyl (C=O) groups excluding carboxylic acids is 3. The molecule has 1 aliphatic heterocycles. The first-order valence-electron chi connectivity index (χ1n) is 6.64. The van der Waals surface area contributed by atoms with Crippen molar-refractivity contribution in [3.05, 3.63) is 35.4 Å². The van der Waals surface area contributed by atoms with Crippen LogP contribution in [0.2, 0.25) is 0 Å². The highest BCUT2D eigenvalue weighted by Crippen LogP contribution is 2.10. The predicted octanol–water partition coefficient (Wildman–Crippen LogP) is -0.0571. The van der Waals surface area contributed by atoms with Crippen molar-refractivity contribution in [2.24, 2.45) is 0 Å². The van der Waals surface area contributed by atoms with Gasteiger partial charge in [-0.1, -0.05) is 12.1 Å². The number of rotatable bonds is 6. The van der Waals surface area contributed by atoms with Crippen LogP contribution in [0.1, 0.15) is 22.3 Å². The third kappa shape index (κ3) is 3.81. The molecule has 0 spiro atoms. The van der Waals surface area contributed by atoms with Crippen molar-refractivity contribution in [1.29, 1.82) is 0 Å². The third-order valence-corrected chi connectivity index (χ3v) is 3.12. The average Bonchev–Trinajstić information content (AvgIpc) is 2.79. The van der Waals surface area contributed by atoms with Crippen LogP contribution in [0, 0.1) is 0 Å². The quantitative estimate of drug-likeness (QED) is 0.637. The van der Waals surface area contributed by atoms with Gasteiger partial charge >= 0.3 is 12.0 Å². The lowest BCUT2D eigenvalue weighted by molar-refractivity contribution is -0.136. The predicted molar refractivity (Wildman–Crippen MR) is 75.0 cm³/mol. The second-order valence-corrected chi connectivity index (χ2v) is 4.74. The summed E-state index contributed by atoms with van der Waals surface area (Å²) >= 11 is 0. The van der Waals surface area contributed by atoms with Crippen LogP contribution in [0.4, 0.5) is 4.79 Å². The number of hydrogen-bond donors (Lipinski definition) is 3. The molecule has 8 heteroatoms. The molecule has 22 heavy (non-hydrogen) atoms. The van der Waals surface area contributed by atoms with E-state index in [9.17, 15) is 19.2 Å². The van der Waals surface area contributed by atoms with E-state index in [0.717, 1.165) is 4.90 Å².